The first-order chi connectivity index (χ1) is 7.25. The van der Waals surface area contributed by atoms with Crippen molar-refractivity contribution in [2.24, 2.45) is 5.92 Å². The van der Waals surface area contributed by atoms with Crippen LogP contribution < -0.4 is 0 Å². The zero-order chi connectivity index (χ0) is 10.7. The Balaban J connectivity index is 1.75. The molecule has 5 heteroatoms. The fraction of sp³-hybridized carbons (Fsp3) is 0.600. The largest absolute Gasteiger partial charge is 0.476 e. The van der Waals surface area contributed by atoms with Crippen molar-refractivity contribution in [2.45, 2.75) is 25.9 Å². The molecule has 1 aliphatic rings. The van der Waals surface area contributed by atoms with Gasteiger partial charge >= 0.3 is 5.97 Å². The minimum atomic E-state index is -0.975. The zero-order valence-electron chi connectivity index (χ0n) is 8.31. The molecule has 1 N–H and O–H groups in total. The first-order valence-electron chi connectivity index (χ1n) is 5.01. The summed E-state index contributed by atoms with van der Waals surface area (Å²) >= 11 is 1.34. The van der Waals surface area contributed by atoms with E-state index in [2.05, 4.69) is 4.98 Å². The molecule has 4 nitrogen and oxygen atoms in total. The number of hydrogen-bond donors (Lipinski definition) is 1. The summed E-state index contributed by atoms with van der Waals surface area (Å²) in [7, 11) is 0. The van der Waals surface area contributed by atoms with E-state index >= 15 is 0 Å². The summed E-state index contributed by atoms with van der Waals surface area (Å²) in [5.74, 6) is -0.264. The van der Waals surface area contributed by atoms with Gasteiger partial charge in [-0.25, -0.2) is 9.78 Å². The summed E-state index contributed by atoms with van der Waals surface area (Å²) in [6.45, 7) is 1.22. The molecule has 0 atom stereocenters. The van der Waals surface area contributed by atoms with Crippen LogP contribution in [0.4, 0.5) is 0 Å². The summed E-state index contributed by atoms with van der Waals surface area (Å²) in [6, 6.07) is 0. The molecule has 0 radical (unpaired) electrons. The van der Waals surface area contributed by atoms with E-state index in [0.29, 0.717) is 12.5 Å². The Morgan fingerprint density at radius 2 is 2.47 bits per heavy atom. The van der Waals surface area contributed by atoms with E-state index in [1.807, 2.05) is 0 Å². The average molecular weight is 227 g/mol. The number of ether oxygens (including phenoxy) is 1. The predicted molar refractivity (Wildman–Crippen MR) is 56.1 cm³/mol. The highest BCUT2D eigenvalue weighted by molar-refractivity contribution is 7.09. The van der Waals surface area contributed by atoms with E-state index in [1.54, 1.807) is 5.38 Å². The number of hydrogen-bond acceptors (Lipinski definition) is 4. The maximum Gasteiger partial charge on any atom is 0.355 e. The van der Waals surface area contributed by atoms with Gasteiger partial charge in [-0.1, -0.05) is 6.42 Å². The van der Waals surface area contributed by atoms with E-state index in [1.165, 1.54) is 30.6 Å². The van der Waals surface area contributed by atoms with Crippen molar-refractivity contribution < 1.29 is 14.6 Å². The van der Waals surface area contributed by atoms with Crippen molar-refractivity contribution in [3.05, 3.63) is 16.1 Å². The number of carbonyl (C=O) groups is 1. The molecule has 1 fully saturated rings. The Kier molecular flexibility index (Phi) is 3.33. The number of carboxylic acid groups (broad SMARTS) is 1. The standard InChI is InChI=1S/C10H13NO3S/c12-10(13)8-6-15-9(11-8)5-14-4-7-2-1-3-7/h6-7H,1-5H2,(H,12,13). The lowest BCUT2D eigenvalue weighted by Crippen LogP contribution is -2.17. The molecule has 0 bridgehead atoms. The minimum Gasteiger partial charge on any atom is -0.476 e. The Labute approximate surface area is 91.9 Å². The van der Waals surface area contributed by atoms with Gasteiger partial charge in [0.15, 0.2) is 5.69 Å². The monoisotopic (exact) mass is 227 g/mol. The zero-order valence-corrected chi connectivity index (χ0v) is 9.13. The number of rotatable bonds is 5. The van der Waals surface area contributed by atoms with Crippen molar-refractivity contribution in [3.8, 4) is 0 Å². The van der Waals surface area contributed by atoms with Crippen LogP contribution in [0.25, 0.3) is 0 Å². The average Bonchev–Trinajstić information content (AvgIpc) is 2.57. The third-order valence-electron chi connectivity index (χ3n) is 2.57. The molecule has 0 aromatic carbocycles. The van der Waals surface area contributed by atoms with Crippen LogP contribution in [-0.2, 0) is 11.3 Å². The Bertz CT molecular complexity index is 346. The van der Waals surface area contributed by atoms with Crippen molar-refractivity contribution in [1.82, 2.24) is 4.98 Å². The smallest absolute Gasteiger partial charge is 0.355 e. The molecule has 15 heavy (non-hydrogen) atoms. The van der Waals surface area contributed by atoms with Crippen LogP contribution >= 0.6 is 11.3 Å². The SMILES string of the molecule is O=C(O)c1csc(COCC2CCC2)n1. The maximum atomic E-state index is 10.6. The van der Waals surface area contributed by atoms with Gasteiger partial charge in [0, 0.05) is 12.0 Å². The second-order valence-corrected chi connectivity index (χ2v) is 4.69. The molecule has 1 saturated carbocycles. The summed E-state index contributed by atoms with van der Waals surface area (Å²) in [6.07, 6.45) is 3.84. The molecule has 0 aliphatic heterocycles. The number of nitrogens with zero attached hydrogens (tertiary/aromatic N) is 1. The van der Waals surface area contributed by atoms with Crippen molar-refractivity contribution in [3.63, 3.8) is 0 Å². The molecule has 82 valence electrons. The topological polar surface area (TPSA) is 59.4 Å². The van der Waals surface area contributed by atoms with Gasteiger partial charge in [-0.3, -0.25) is 0 Å². The summed E-state index contributed by atoms with van der Waals surface area (Å²) in [5, 5.41) is 11.0. The molecule has 1 aromatic rings. The van der Waals surface area contributed by atoms with Gasteiger partial charge in [-0.2, -0.15) is 0 Å². The van der Waals surface area contributed by atoms with Crippen LogP contribution in [0.3, 0.4) is 0 Å². The molecule has 2 rings (SSSR count). The number of aromatic nitrogens is 1. The Morgan fingerprint density at radius 3 is 3.00 bits per heavy atom. The summed E-state index contributed by atoms with van der Waals surface area (Å²) in [4.78, 5) is 14.5. The molecule has 0 saturated heterocycles. The highest BCUT2D eigenvalue weighted by Gasteiger charge is 2.17. The van der Waals surface area contributed by atoms with Gasteiger partial charge in [0.05, 0.1) is 6.61 Å². The van der Waals surface area contributed by atoms with Crippen LogP contribution in [0.15, 0.2) is 5.38 Å². The van der Waals surface area contributed by atoms with Gasteiger partial charge in [0.25, 0.3) is 0 Å². The fourth-order valence-electron chi connectivity index (χ4n) is 1.45. The molecule has 1 aliphatic carbocycles. The van der Waals surface area contributed by atoms with Gasteiger partial charge in [-0.05, 0) is 18.8 Å². The van der Waals surface area contributed by atoms with Crippen LogP contribution in [0.5, 0.6) is 0 Å². The molecular formula is C10H13NO3S. The highest BCUT2D eigenvalue weighted by Crippen LogP contribution is 2.26. The van der Waals surface area contributed by atoms with Crippen molar-refractivity contribution in [2.75, 3.05) is 6.61 Å². The van der Waals surface area contributed by atoms with Crippen LogP contribution in [0.2, 0.25) is 0 Å². The van der Waals surface area contributed by atoms with Crippen LogP contribution in [0.1, 0.15) is 34.8 Å². The summed E-state index contributed by atoms with van der Waals surface area (Å²) in [5.41, 5.74) is 0.113. The molecule has 0 amide bonds. The molecule has 0 unspecified atom stereocenters. The van der Waals surface area contributed by atoms with E-state index in [4.69, 9.17) is 9.84 Å². The quantitative estimate of drug-likeness (QED) is 0.837. The normalized spacial score (nSPS) is 16.3. The lowest BCUT2D eigenvalue weighted by Gasteiger charge is -2.24. The minimum absolute atomic E-state index is 0.113. The van der Waals surface area contributed by atoms with E-state index in [0.717, 1.165) is 11.6 Å². The second-order valence-electron chi connectivity index (χ2n) is 3.74. The lowest BCUT2D eigenvalue weighted by molar-refractivity contribution is 0.0591. The molecule has 1 aromatic heterocycles. The summed E-state index contributed by atoms with van der Waals surface area (Å²) < 4.78 is 5.47. The van der Waals surface area contributed by atoms with E-state index < -0.39 is 5.97 Å². The van der Waals surface area contributed by atoms with Gasteiger partial charge in [0.2, 0.25) is 0 Å². The molecule has 1 heterocycles. The van der Waals surface area contributed by atoms with E-state index in [9.17, 15) is 4.79 Å². The highest BCUT2D eigenvalue weighted by atomic mass is 32.1. The van der Waals surface area contributed by atoms with E-state index in [-0.39, 0.29) is 5.69 Å². The predicted octanol–water partition coefficient (Wildman–Crippen LogP) is 2.16. The van der Waals surface area contributed by atoms with Gasteiger partial charge in [0.1, 0.15) is 5.01 Å². The first kappa shape index (κ1) is 10.6. The second kappa shape index (κ2) is 4.72. The maximum absolute atomic E-state index is 10.6. The first-order valence-corrected chi connectivity index (χ1v) is 5.89. The fourth-order valence-corrected chi connectivity index (χ4v) is 2.15. The number of aromatic carboxylic acids is 1. The number of thiazole rings is 1. The third kappa shape index (κ3) is 2.76. The van der Waals surface area contributed by atoms with Crippen molar-refractivity contribution >= 4 is 17.3 Å². The van der Waals surface area contributed by atoms with Crippen molar-refractivity contribution in [1.29, 1.82) is 0 Å². The van der Waals surface area contributed by atoms with Crippen LogP contribution in [-0.4, -0.2) is 22.7 Å². The Hall–Kier alpha value is -0.940. The molecular weight excluding hydrogens is 214 g/mol. The molecule has 0 spiro atoms. The van der Waals surface area contributed by atoms with Crippen LogP contribution in [0, 0.1) is 5.92 Å². The number of carboxylic acids is 1. The van der Waals surface area contributed by atoms with Gasteiger partial charge < -0.3 is 9.84 Å². The lowest BCUT2D eigenvalue weighted by atomic mass is 9.86. The third-order valence-corrected chi connectivity index (χ3v) is 3.40. The van der Waals surface area contributed by atoms with Gasteiger partial charge in [-0.15, -0.1) is 11.3 Å². The Morgan fingerprint density at radius 1 is 1.67 bits per heavy atom.